The van der Waals surface area contributed by atoms with E-state index in [-0.39, 0.29) is 12.5 Å². The molecule has 0 bridgehead atoms. The lowest BCUT2D eigenvalue weighted by molar-refractivity contribution is -0.130. The molecule has 0 saturated heterocycles. The van der Waals surface area contributed by atoms with Gasteiger partial charge in [-0.3, -0.25) is 4.79 Å². The zero-order valence-corrected chi connectivity index (χ0v) is 8.93. The molecule has 6 heteroatoms. The number of rotatable bonds is 5. The van der Waals surface area contributed by atoms with E-state index in [0.29, 0.717) is 6.54 Å². The van der Waals surface area contributed by atoms with Gasteiger partial charge in [0.25, 0.3) is 5.91 Å². The Labute approximate surface area is 88.4 Å². The van der Waals surface area contributed by atoms with Crippen LogP contribution < -0.4 is 11.1 Å². The van der Waals surface area contributed by atoms with E-state index in [1.807, 2.05) is 17.8 Å². The highest BCUT2D eigenvalue weighted by Crippen LogP contribution is 1.94. The van der Waals surface area contributed by atoms with Gasteiger partial charge in [-0.05, 0) is 0 Å². The van der Waals surface area contributed by atoms with Crippen molar-refractivity contribution in [2.24, 2.45) is 12.8 Å². The minimum Gasteiger partial charge on any atom is -0.370 e. The van der Waals surface area contributed by atoms with Crippen LogP contribution in [0.1, 0.15) is 5.82 Å². The molecule has 0 fully saturated rings. The quantitative estimate of drug-likeness (QED) is 0.656. The average Bonchev–Trinajstić information content (AvgIpc) is 2.63. The van der Waals surface area contributed by atoms with Crippen molar-refractivity contribution >= 4 is 5.91 Å². The third-order valence-electron chi connectivity index (χ3n) is 2.13. The second kappa shape index (κ2) is 5.47. The number of methoxy groups -OCH3 is 1. The molecule has 1 atom stereocenters. The molecule has 0 aromatic carbocycles. The maximum absolute atomic E-state index is 11.5. The minimum atomic E-state index is -0.592. The highest BCUT2D eigenvalue weighted by Gasteiger charge is 2.15. The number of nitrogens with two attached hydrogens (primary N) is 1. The first-order valence-electron chi connectivity index (χ1n) is 4.65. The van der Waals surface area contributed by atoms with Crippen molar-refractivity contribution in [2.75, 3.05) is 13.7 Å². The molecule has 0 saturated carbocycles. The molecule has 1 aromatic heterocycles. The molecule has 15 heavy (non-hydrogen) atoms. The van der Waals surface area contributed by atoms with E-state index in [0.717, 1.165) is 5.82 Å². The largest absolute Gasteiger partial charge is 0.370 e. The van der Waals surface area contributed by atoms with Gasteiger partial charge < -0.3 is 20.4 Å². The predicted molar refractivity (Wildman–Crippen MR) is 54.9 cm³/mol. The topological polar surface area (TPSA) is 82.2 Å². The summed E-state index contributed by atoms with van der Waals surface area (Å²) >= 11 is 0. The molecular weight excluding hydrogens is 196 g/mol. The van der Waals surface area contributed by atoms with Crippen LogP contribution in [0.15, 0.2) is 12.4 Å². The van der Waals surface area contributed by atoms with Crippen LogP contribution in [0, 0.1) is 0 Å². The molecule has 0 spiro atoms. The summed E-state index contributed by atoms with van der Waals surface area (Å²) in [7, 11) is 3.32. The van der Waals surface area contributed by atoms with E-state index in [1.54, 1.807) is 6.20 Å². The van der Waals surface area contributed by atoms with Crippen LogP contribution >= 0.6 is 0 Å². The Balaban J connectivity index is 2.43. The van der Waals surface area contributed by atoms with Crippen molar-refractivity contribution < 1.29 is 9.53 Å². The van der Waals surface area contributed by atoms with Gasteiger partial charge in [0.2, 0.25) is 0 Å². The first-order valence-corrected chi connectivity index (χ1v) is 4.65. The average molecular weight is 212 g/mol. The number of carbonyl (C=O) groups excluding carboxylic acids is 1. The number of aryl methyl sites for hydroxylation is 1. The van der Waals surface area contributed by atoms with Crippen LogP contribution in [0.3, 0.4) is 0 Å². The second-order valence-electron chi connectivity index (χ2n) is 3.13. The Morgan fingerprint density at radius 1 is 1.80 bits per heavy atom. The van der Waals surface area contributed by atoms with Crippen LogP contribution in [0.4, 0.5) is 0 Å². The number of imidazole rings is 1. The van der Waals surface area contributed by atoms with E-state index in [4.69, 9.17) is 10.5 Å². The number of ether oxygens (including phenoxy) is 1. The summed E-state index contributed by atoms with van der Waals surface area (Å²) in [6.45, 7) is 0.547. The van der Waals surface area contributed by atoms with Gasteiger partial charge >= 0.3 is 0 Å². The highest BCUT2D eigenvalue weighted by molar-refractivity contribution is 5.80. The maximum Gasteiger partial charge on any atom is 0.250 e. The summed E-state index contributed by atoms with van der Waals surface area (Å²) in [5.41, 5.74) is 5.36. The van der Waals surface area contributed by atoms with Gasteiger partial charge in [-0.1, -0.05) is 0 Å². The molecule has 3 N–H and O–H groups in total. The zero-order chi connectivity index (χ0) is 11.3. The number of hydrogen-bond donors (Lipinski definition) is 2. The van der Waals surface area contributed by atoms with E-state index < -0.39 is 6.10 Å². The van der Waals surface area contributed by atoms with Crippen molar-refractivity contribution in [2.45, 2.75) is 12.6 Å². The summed E-state index contributed by atoms with van der Waals surface area (Å²) in [4.78, 5) is 15.5. The fraction of sp³-hybridized carbons (Fsp3) is 0.556. The van der Waals surface area contributed by atoms with E-state index in [1.165, 1.54) is 7.11 Å². The predicted octanol–water partition coefficient (Wildman–Crippen LogP) is -0.990. The Bertz CT molecular complexity index is 320. The first kappa shape index (κ1) is 11.7. The van der Waals surface area contributed by atoms with Crippen LogP contribution in [0.25, 0.3) is 0 Å². The van der Waals surface area contributed by atoms with Crippen molar-refractivity contribution in [3.63, 3.8) is 0 Å². The van der Waals surface area contributed by atoms with E-state index in [9.17, 15) is 4.79 Å². The van der Waals surface area contributed by atoms with Gasteiger partial charge in [-0.2, -0.15) is 0 Å². The van der Waals surface area contributed by atoms with Crippen molar-refractivity contribution in [3.8, 4) is 0 Å². The number of amides is 1. The van der Waals surface area contributed by atoms with Gasteiger partial charge in [0.05, 0.1) is 6.54 Å². The smallest absolute Gasteiger partial charge is 0.250 e. The Hall–Kier alpha value is -1.40. The summed E-state index contributed by atoms with van der Waals surface area (Å²) in [5.74, 6) is 0.568. The van der Waals surface area contributed by atoms with Gasteiger partial charge in [0.1, 0.15) is 11.9 Å². The van der Waals surface area contributed by atoms with Gasteiger partial charge in [0, 0.05) is 33.1 Å². The Morgan fingerprint density at radius 3 is 3.00 bits per heavy atom. The number of carbonyl (C=O) groups is 1. The second-order valence-corrected chi connectivity index (χ2v) is 3.13. The molecule has 0 aliphatic heterocycles. The molecule has 1 rings (SSSR count). The number of aromatic nitrogens is 2. The minimum absolute atomic E-state index is 0.170. The molecule has 6 nitrogen and oxygen atoms in total. The van der Waals surface area contributed by atoms with Crippen molar-refractivity contribution in [1.82, 2.24) is 14.9 Å². The fourth-order valence-corrected chi connectivity index (χ4v) is 1.16. The van der Waals surface area contributed by atoms with Crippen LogP contribution in [-0.4, -0.2) is 35.2 Å². The van der Waals surface area contributed by atoms with Crippen molar-refractivity contribution in [1.29, 1.82) is 0 Å². The Kier molecular flexibility index (Phi) is 4.26. The molecule has 84 valence electrons. The third-order valence-corrected chi connectivity index (χ3v) is 2.13. The standard InChI is InChI=1S/C9H16N4O2/c1-13-4-3-11-8(13)6-12-9(14)7(5-10)15-2/h3-4,7H,5-6,10H2,1-2H3,(H,12,14). The number of nitrogens with one attached hydrogen (secondary N) is 1. The normalized spacial score (nSPS) is 12.5. The van der Waals surface area contributed by atoms with Gasteiger partial charge in [-0.15, -0.1) is 0 Å². The molecule has 1 amide bonds. The molecule has 0 aliphatic carbocycles. The van der Waals surface area contributed by atoms with Crippen LogP contribution in [0.5, 0.6) is 0 Å². The lowest BCUT2D eigenvalue weighted by atomic mass is 10.3. The Morgan fingerprint density at radius 2 is 2.53 bits per heavy atom. The summed E-state index contributed by atoms with van der Waals surface area (Å²) < 4.78 is 6.73. The lowest BCUT2D eigenvalue weighted by Gasteiger charge is -2.12. The van der Waals surface area contributed by atoms with Crippen LogP contribution in [0.2, 0.25) is 0 Å². The monoisotopic (exact) mass is 212 g/mol. The SMILES string of the molecule is COC(CN)C(=O)NCc1nccn1C. The summed E-state index contributed by atoms with van der Waals surface area (Å²) in [6, 6.07) is 0. The van der Waals surface area contributed by atoms with Gasteiger partial charge in [-0.25, -0.2) is 4.98 Å². The maximum atomic E-state index is 11.5. The molecule has 1 aromatic rings. The summed E-state index contributed by atoms with van der Waals surface area (Å²) in [6.07, 6.45) is 2.90. The van der Waals surface area contributed by atoms with Gasteiger partial charge in [0.15, 0.2) is 0 Å². The highest BCUT2D eigenvalue weighted by atomic mass is 16.5. The molecular formula is C9H16N4O2. The molecule has 1 heterocycles. The third kappa shape index (κ3) is 3.03. The fourth-order valence-electron chi connectivity index (χ4n) is 1.16. The van der Waals surface area contributed by atoms with E-state index in [2.05, 4.69) is 10.3 Å². The van der Waals surface area contributed by atoms with Crippen LogP contribution in [-0.2, 0) is 23.1 Å². The number of nitrogens with zero attached hydrogens (tertiary/aromatic N) is 2. The first-order chi connectivity index (χ1) is 7.19. The molecule has 0 radical (unpaired) electrons. The zero-order valence-electron chi connectivity index (χ0n) is 8.93. The molecule has 1 unspecified atom stereocenters. The number of hydrogen-bond acceptors (Lipinski definition) is 4. The molecule has 0 aliphatic rings. The lowest BCUT2D eigenvalue weighted by Crippen LogP contribution is -2.40. The van der Waals surface area contributed by atoms with Crippen molar-refractivity contribution in [3.05, 3.63) is 18.2 Å². The van der Waals surface area contributed by atoms with E-state index >= 15 is 0 Å². The summed E-state index contributed by atoms with van der Waals surface area (Å²) in [5, 5.41) is 2.70.